The molecule has 1 atom stereocenters. The second-order valence-corrected chi connectivity index (χ2v) is 2.24. The minimum absolute atomic E-state index is 0.105. The minimum Gasteiger partial charge on any atom is -0.209 e. The number of nitrogens with one attached hydrogen (secondary N) is 1. The van der Waals surface area contributed by atoms with Crippen molar-refractivity contribution in [2.75, 3.05) is 0 Å². The van der Waals surface area contributed by atoms with E-state index in [1.165, 1.54) is 5.57 Å². The summed E-state index contributed by atoms with van der Waals surface area (Å²) in [5.41, 5.74) is 7.98. The lowest BCUT2D eigenvalue weighted by Gasteiger charge is -2.06. The van der Waals surface area contributed by atoms with Crippen molar-refractivity contribution in [2.45, 2.75) is 19.4 Å². The van der Waals surface area contributed by atoms with Crippen molar-refractivity contribution in [1.29, 1.82) is 5.53 Å². The third-order valence-corrected chi connectivity index (χ3v) is 1.43. The lowest BCUT2D eigenvalue weighted by molar-refractivity contribution is 0.743. The zero-order valence-corrected chi connectivity index (χ0v) is 5.46. The number of rotatable bonds is 1. The molecule has 0 amide bonds. The maximum Gasteiger partial charge on any atom is 0.0923 e. The van der Waals surface area contributed by atoms with E-state index in [4.69, 9.17) is 5.53 Å². The van der Waals surface area contributed by atoms with Crippen LogP contribution in [0.15, 0.2) is 28.9 Å². The maximum absolute atomic E-state index is 6.71. The molecule has 0 aromatic rings. The smallest absolute Gasteiger partial charge is 0.0923 e. The first-order chi connectivity index (χ1) is 4.33. The third-order valence-electron chi connectivity index (χ3n) is 1.43. The summed E-state index contributed by atoms with van der Waals surface area (Å²) in [6, 6.07) is 0.105. The van der Waals surface area contributed by atoms with Gasteiger partial charge in [-0.1, -0.05) is 23.8 Å². The van der Waals surface area contributed by atoms with Crippen molar-refractivity contribution >= 4 is 0 Å². The highest BCUT2D eigenvalue weighted by molar-refractivity contribution is 5.22. The predicted molar refractivity (Wildman–Crippen MR) is 36.4 cm³/mol. The average molecular weight is 122 g/mol. The third kappa shape index (κ3) is 1.49. The first kappa shape index (κ1) is 6.20. The molecule has 1 rings (SSSR count). The topological polar surface area (TPSA) is 36.2 Å². The molecule has 0 aromatic heterocycles. The highest BCUT2D eigenvalue weighted by Gasteiger charge is 2.02. The van der Waals surface area contributed by atoms with E-state index in [1.807, 2.05) is 12.2 Å². The molecule has 0 spiro atoms. The molecule has 2 nitrogen and oxygen atoms in total. The Morgan fingerprint density at radius 2 is 2.56 bits per heavy atom. The standard InChI is InChI=1S/C7H10N2/c1-6-2-4-7(9-8)5-3-6/h2-4,7-8H,5H2,1H3. The van der Waals surface area contributed by atoms with Gasteiger partial charge in [-0.15, -0.1) is 0 Å². The normalized spacial score (nSPS) is 25.4. The molecule has 0 bridgehead atoms. The Morgan fingerprint density at radius 1 is 1.78 bits per heavy atom. The number of allylic oxidation sites excluding steroid dienone is 2. The Kier molecular flexibility index (Phi) is 1.78. The summed E-state index contributed by atoms with van der Waals surface area (Å²) >= 11 is 0. The fraction of sp³-hybridized carbons (Fsp3) is 0.429. The van der Waals surface area contributed by atoms with E-state index in [9.17, 15) is 0 Å². The van der Waals surface area contributed by atoms with E-state index in [1.54, 1.807) is 0 Å². The number of nitrogens with zero attached hydrogens (tertiary/aromatic N) is 1. The van der Waals surface area contributed by atoms with Gasteiger partial charge in [0.25, 0.3) is 0 Å². The summed E-state index contributed by atoms with van der Waals surface area (Å²) in [5.74, 6) is 0. The highest BCUT2D eigenvalue weighted by atomic mass is 15.0. The van der Waals surface area contributed by atoms with E-state index >= 15 is 0 Å². The molecular formula is C7H10N2. The van der Waals surface area contributed by atoms with Gasteiger partial charge in [0, 0.05) is 0 Å². The molecular weight excluding hydrogens is 112 g/mol. The molecule has 0 saturated carbocycles. The molecule has 0 aliphatic heterocycles. The molecule has 1 unspecified atom stereocenters. The van der Waals surface area contributed by atoms with Gasteiger partial charge >= 0.3 is 0 Å². The van der Waals surface area contributed by atoms with Gasteiger partial charge in [0.15, 0.2) is 0 Å². The van der Waals surface area contributed by atoms with Crippen LogP contribution in [0.5, 0.6) is 0 Å². The SMILES string of the molecule is CC1=CCC(N=N)C=C1. The lowest BCUT2D eigenvalue weighted by Crippen LogP contribution is -1.99. The number of hydrogen-bond acceptors (Lipinski definition) is 2. The maximum atomic E-state index is 6.71. The summed E-state index contributed by atoms with van der Waals surface area (Å²) in [6.07, 6.45) is 6.96. The van der Waals surface area contributed by atoms with Crippen LogP contribution in [-0.4, -0.2) is 6.04 Å². The number of hydrogen-bond donors (Lipinski definition) is 1. The average Bonchev–Trinajstić information content (AvgIpc) is 1.90. The molecule has 0 saturated heterocycles. The molecule has 1 aliphatic rings. The Hall–Kier alpha value is -0.920. The van der Waals surface area contributed by atoms with Crippen molar-refractivity contribution < 1.29 is 0 Å². The first-order valence-electron chi connectivity index (χ1n) is 3.04. The molecule has 9 heavy (non-hydrogen) atoms. The summed E-state index contributed by atoms with van der Waals surface area (Å²) in [6.45, 7) is 2.05. The lowest BCUT2D eigenvalue weighted by atomic mass is 10.1. The van der Waals surface area contributed by atoms with Gasteiger partial charge < -0.3 is 0 Å². The van der Waals surface area contributed by atoms with E-state index in [0.29, 0.717) is 0 Å². The van der Waals surface area contributed by atoms with Crippen molar-refractivity contribution in [2.24, 2.45) is 5.11 Å². The van der Waals surface area contributed by atoms with Crippen LogP contribution >= 0.6 is 0 Å². The molecule has 2 heteroatoms. The van der Waals surface area contributed by atoms with Gasteiger partial charge in [0.2, 0.25) is 0 Å². The van der Waals surface area contributed by atoms with Crippen LogP contribution in [0.3, 0.4) is 0 Å². The van der Waals surface area contributed by atoms with Gasteiger partial charge in [-0.25, -0.2) is 5.53 Å². The predicted octanol–water partition coefficient (Wildman–Crippen LogP) is 2.29. The fourth-order valence-corrected chi connectivity index (χ4v) is 0.812. The Bertz CT molecular complexity index is 168. The molecule has 0 fully saturated rings. The van der Waals surface area contributed by atoms with Gasteiger partial charge in [-0.05, 0) is 13.3 Å². The van der Waals surface area contributed by atoms with Crippen LogP contribution in [0.25, 0.3) is 0 Å². The molecule has 1 N–H and O–H groups in total. The summed E-state index contributed by atoms with van der Waals surface area (Å²) < 4.78 is 0. The van der Waals surface area contributed by atoms with E-state index in [2.05, 4.69) is 18.1 Å². The summed E-state index contributed by atoms with van der Waals surface area (Å²) in [7, 11) is 0. The van der Waals surface area contributed by atoms with Crippen LogP contribution < -0.4 is 0 Å². The van der Waals surface area contributed by atoms with Gasteiger partial charge in [-0.3, -0.25) is 0 Å². The van der Waals surface area contributed by atoms with Crippen LogP contribution in [0, 0.1) is 5.53 Å². The molecule has 0 aromatic carbocycles. The van der Waals surface area contributed by atoms with Gasteiger partial charge in [0.1, 0.15) is 0 Å². The highest BCUT2D eigenvalue weighted by Crippen LogP contribution is 2.11. The fourth-order valence-electron chi connectivity index (χ4n) is 0.812. The van der Waals surface area contributed by atoms with Crippen LogP contribution in [0.1, 0.15) is 13.3 Å². The Balaban J connectivity index is 2.58. The van der Waals surface area contributed by atoms with E-state index in [0.717, 1.165) is 6.42 Å². The molecule has 1 aliphatic carbocycles. The minimum atomic E-state index is 0.105. The monoisotopic (exact) mass is 122 g/mol. The van der Waals surface area contributed by atoms with E-state index in [-0.39, 0.29) is 6.04 Å². The van der Waals surface area contributed by atoms with Crippen LogP contribution in [0.2, 0.25) is 0 Å². The zero-order chi connectivity index (χ0) is 6.69. The van der Waals surface area contributed by atoms with E-state index < -0.39 is 0 Å². The van der Waals surface area contributed by atoms with Crippen molar-refractivity contribution in [3.05, 3.63) is 23.8 Å². The van der Waals surface area contributed by atoms with Gasteiger partial charge in [-0.2, -0.15) is 5.11 Å². The van der Waals surface area contributed by atoms with Crippen molar-refractivity contribution in [3.63, 3.8) is 0 Å². The second-order valence-electron chi connectivity index (χ2n) is 2.24. The van der Waals surface area contributed by atoms with Crippen LogP contribution in [-0.2, 0) is 0 Å². The Morgan fingerprint density at radius 3 is 3.00 bits per heavy atom. The largest absolute Gasteiger partial charge is 0.209 e. The molecule has 0 radical (unpaired) electrons. The molecule has 48 valence electrons. The summed E-state index contributed by atoms with van der Waals surface area (Å²) in [4.78, 5) is 0. The molecule has 0 heterocycles. The zero-order valence-electron chi connectivity index (χ0n) is 5.46. The summed E-state index contributed by atoms with van der Waals surface area (Å²) in [5, 5.41) is 3.40. The quantitative estimate of drug-likeness (QED) is 0.518. The van der Waals surface area contributed by atoms with Crippen molar-refractivity contribution in [1.82, 2.24) is 0 Å². The first-order valence-corrected chi connectivity index (χ1v) is 3.04. The Labute approximate surface area is 54.8 Å². The van der Waals surface area contributed by atoms with Gasteiger partial charge in [0.05, 0.1) is 6.04 Å². The van der Waals surface area contributed by atoms with Crippen molar-refractivity contribution in [3.8, 4) is 0 Å². The second kappa shape index (κ2) is 2.58. The van der Waals surface area contributed by atoms with Crippen LogP contribution in [0.4, 0.5) is 0 Å².